The quantitative estimate of drug-likeness (QED) is 0.680. The third kappa shape index (κ3) is 1.96. The number of benzene rings is 1. The van der Waals surface area contributed by atoms with Crippen LogP contribution in [0.1, 0.15) is 10.7 Å². The van der Waals surface area contributed by atoms with Crippen LogP contribution in [0.2, 0.25) is 5.02 Å². The second-order valence-corrected chi connectivity index (χ2v) is 5.45. The minimum atomic E-state index is 0.775. The van der Waals surface area contributed by atoms with Gasteiger partial charge in [0.2, 0.25) is 0 Å². The molecule has 0 spiro atoms. The number of thiazole rings is 1. The lowest BCUT2D eigenvalue weighted by Crippen LogP contribution is -1.98. The largest absolute Gasteiger partial charge is 0.340 e. The summed E-state index contributed by atoms with van der Waals surface area (Å²) < 4.78 is 2.14. The molecule has 3 rings (SSSR count). The predicted molar refractivity (Wildman–Crippen MR) is 72.9 cm³/mol. The van der Waals surface area contributed by atoms with Gasteiger partial charge in [-0.25, -0.2) is 4.98 Å². The molecule has 2 nitrogen and oxygen atoms in total. The summed E-state index contributed by atoms with van der Waals surface area (Å²) in [6.45, 7) is 2.80. The molecule has 3 aromatic rings. The SMILES string of the molecule is Cc1nc(Cn2ccc3cccc(Cl)c32)cs1. The summed E-state index contributed by atoms with van der Waals surface area (Å²) in [5, 5.41) is 5.16. The second-order valence-electron chi connectivity index (χ2n) is 3.98. The highest BCUT2D eigenvalue weighted by molar-refractivity contribution is 7.09. The summed E-state index contributed by atoms with van der Waals surface area (Å²) in [5.74, 6) is 0. The zero-order valence-corrected chi connectivity index (χ0v) is 10.9. The maximum atomic E-state index is 6.24. The summed E-state index contributed by atoms with van der Waals surface area (Å²) in [6, 6.07) is 8.05. The molecule has 0 radical (unpaired) electrons. The highest BCUT2D eigenvalue weighted by atomic mass is 35.5. The third-order valence-electron chi connectivity index (χ3n) is 2.74. The zero-order chi connectivity index (χ0) is 11.8. The number of hydrogen-bond acceptors (Lipinski definition) is 2. The molecular formula is C13H11ClN2S. The lowest BCUT2D eigenvalue weighted by atomic mass is 10.2. The van der Waals surface area contributed by atoms with Crippen molar-refractivity contribution in [3.63, 3.8) is 0 Å². The van der Waals surface area contributed by atoms with Gasteiger partial charge < -0.3 is 4.57 Å². The fourth-order valence-electron chi connectivity index (χ4n) is 2.00. The number of rotatable bonds is 2. The molecule has 0 saturated carbocycles. The van der Waals surface area contributed by atoms with Gasteiger partial charge in [0.05, 0.1) is 27.8 Å². The molecule has 0 fully saturated rings. The van der Waals surface area contributed by atoms with E-state index in [-0.39, 0.29) is 0 Å². The summed E-state index contributed by atoms with van der Waals surface area (Å²) in [6.07, 6.45) is 2.06. The van der Waals surface area contributed by atoms with Crippen LogP contribution < -0.4 is 0 Å². The minimum absolute atomic E-state index is 0.775. The van der Waals surface area contributed by atoms with Crippen LogP contribution in [-0.2, 0) is 6.54 Å². The van der Waals surface area contributed by atoms with Crippen molar-refractivity contribution in [2.75, 3.05) is 0 Å². The number of halogens is 1. The average molecular weight is 263 g/mol. The van der Waals surface area contributed by atoms with Crippen molar-refractivity contribution < 1.29 is 0 Å². The van der Waals surface area contributed by atoms with Crippen LogP contribution in [0.25, 0.3) is 10.9 Å². The monoisotopic (exact) mass is 262 g/mol. The highest BCUT2D eigenvalue weighted by Gasteiger charge is 2.06. The molecule has 2 aromatic heterocycles. The number of nitrogens with zero attached hydrogens (tertiary/aromatic N) is 2. The fraction of sp³-hybridized carbons (Fsp3) is 0.154. The van der Waals surface area contributed by atoms with Crippen LogP contribution in [0.5, 0.6) is 0 Å². The number of aromatic nitrogens is 2. The Hall–Kier alpha value is -1.32. The van der Waals surface area contributed by atoms with Crippen molar-refractivity contribution in [3.05, 3.63) is 51.6 Å². The van der Waals surface area contributed by atoms with E-state index in [0.29, 0.717) is 0 Å². The fourth-order valence-corrected chi connectivity index (χ4v) is 2.90. The topological polar surface area (TPSA) is 17.8 Å². The molecule has 17 heavy (non-hydrogen) atoms. The first-order chi connectivity index (χ1) is 8.24. The van der Waals surface area contributed by atoms with Crippen molar-refractivity contribution in [2.45, 2.75) is 13.5 Å². The summed E-state index contributed by atoms with van der Waals surface area (Å²) in [7, 11) is 0. The first kappa shape index (κ1) is 10.8. The Morgan fingerprint density at radius 1 is 1.35 bits per heavy atom. The normalized spacial score (nSPS) is 11.2. The maximum Gasteiger partial charge on any atom is 0.0898 e. The van der Waals surface area contributed by atoms with Gasteiger partial charge in [0, 0.05) is 17.0 Å². The molecule has 0 saturated heterocycles. The number of fused-ring (bicyclic) bond motifs is 1. The summed E-state index contributed by atoms with van der Waals surface area (Å²) in [4.78, 5) is 4.48. The molecule has 0 unspecified atom stereocenters. The molecule has 0 atom stereocenters. The van der Waals surface area contributed by atoms with E-state index in [1.54, 1.807) is 11.3 Å². The van der Waals surface area contributed by atoms with E-state index in [9.17, 15) is 0 Å². The number of aryl methyl sites for hydroxylation is 1. The average Bonchev–Trinajstić information content (AvgIpc) is 2.88. The smallest absolute Gasteiger partial charge is 0.0898 e. The Balaban J connectivity index is 2.06. The van der Waals surface area contributed by atoms with E-state index in [0.717, 1.165) is 27.8 Å². The molecule has 0 N–H and O–H groups in total. The van der Waals surface area contributed by atoms with Crippen LogP contribution in [0.3, 0.4) is 0 Å². The van der Waals surface area contributed by atoms with Crippen LogP contribution in [0.15, 0.2) is 35.8 Å². The Morgan fingerprint density at radius 3 is 3.00 bits per heavy atom. The minimum Gasteiger partial charge on any atom is -0.340 e. The van der Waals surface area contributed by atoms with Crippen molar-refractivity contribution in [1.29, 1.82) is 0 Å². The lowest BCUT2D eigenvalue weighted by Gasteiger charge is -2.04. The van der Waals surface area contributed by atoms with Gasteiger partial charge in [-0.3, -0.25) is 0 Å². The zero-order valence-electron chi connectivity index (χ0n) is 9.35. The first-order valence-corrected chi connectivity index (χ1v) is 6.64. The highest BCUT2D eigenvalue weighted by Crippen LogP contribution is 2.25. The van der Waals surface area contributed by atoms with Gasteiger partial charge in [-0.15, -0.1) is 11.3 Å². The Kier molecular flexibility index (Phi) is 2.65. The van der Waals surface area contributed by atoms with Gasteiger partial charge >= 0.3 is 0 Å². The van der Waals surface area contributed by atoms with E-state index < -0.39 is 0 Å². The molecule has 4 heteroatoms. The van der Waals surface area contributed by atoms with Gasteiger partial charge in [0.25, 0.3) is 0 Å². The van der Waals surface area contributed by atoms with Gasteiger partial charge in [-0.1, -0.05) is 23.7 Å². The van der Waals surface area contributed by atoms with E-state index in [1.807, 2.05) is 19.1 Å². The van der Waals surface area contributed by atoms with Gasteiger partial charge in [0.1, 0.15) is 0 Å². The van der Waals surface area contributed by atoms with E-state index in [2.05, 4.69) is 33.3 Å². The number of hydrogen-bond donors (Lipinski definition) is 0. The van der Waals surface area contributed by atoms with Gasteiger partial charge in [-0.2, -0.15) is 0 Å². The second kappa shape index (κ2) is 4.17. The van der Waals surface area contributed by atoms with E-state index in [4.69, 9.17) is 11.6 Å². The molecule has 1 aromatic carbocycles. The van der Waals surface area contributed by atoms with Gasteiger partial charge in [-0.05, 0) is 19.1 Å². The Labute approximate surface area is 108 Å². The van der Waals surface area contributed by atoms with Crippen LogP contribution in [-0.4, -0.2) is 9.55 Å². The Bertz CT molecular complexity index is 669. The molecule has 2 heterocycles. The van der Waals surface area contributed by atoms with Crippen LogP contribution in [0, 0.1) is 6.92 Å². The maximum absolute atomic E-state index is 6.24. The summed E-state index contributed by atoms with van der Waals surface area (Å²) in [5.41, 5.74) is 2.17. The molecule has 0 amide bonds. The Morgan fingerprint density at radius 2 is 2.24 bits per heavy atom. The molecule has 0 aliphatic carbocycles. The van der Waals surface area contributed by atoms with Crippen LogP contribution in [0.4, 0.5) is 0 Å². The van der Waals surface area contributed by atoms with Gasteiger partial charge in [0.15, 0.2) is 0 Å². The van der Waals surface area contributed by atoms with Crippen molar-refractivity contribution in [1.82, 2.24) is 9.55 Å². The molecule has 0 bridgehead atoms. The predicted octanol–water partition coefficient (Wildman–Crippen LogP) is 4.11. The van der Waals surface area contributed by atoms with E-state index >= 15 is 0 Å². The van der Waals surface area contributed by atoms with Crippen molar-refractivity contribution in [2.24, 2.45) is 0 Å². The lowest BCUT2D eigenvalue weighted by molar-refractivity contribution is 0.812. The molecular weight excluding hydrogens is 252 g/mol. The molecule has 86 valence electrons. The van der Waals surface area contributed by atoms with Crippen molar-refractivity contribution in [3.8, 4) is 0 Å². The van der Waals surface area contributed by atoms with Crippen LogP contribution >= 0.6 is 22.9 Å². The van der Waals surface area contributed by atoms with Crippen molar-refractivity contribution >= 4 is 33.8 Å². The van der Waals surface area contributed by atoms with E-state index in [1.165, 1.54) is 5.39 Å². The number of para-hydroxylation sites is 1. The standard InChI is InChI=1S/C13H11ClN2S/c1-9-15-11(8-17-9)7-16-6-5-10-3-2-4-12(14)13(10)16/h2-6,8H,7H2,1H3. The molecule has 0 aliphatic rings. The molecule has 0 aliphatic heterocycles. The third-order valence-corrected chi connectivity index (χ3v) is 3.87. The summed E-state index contributed by atoms with van der Waals surface area (Å²) >= 11 is 7.91. The first-order valence-electron chi connectivity index (χ1n) is 5.38.